The smallest absolute Gasteiger partial charge is 0.132 e. The summed E-state index contributed by atoms with van der Waals surface area (Å²) in [5.74, 6) is 1.69. The van der Waals surface area contributed by atoms with Gasteiger partial charge in [0.1, 0.15) is 10.7 Å². The van der Waals surface area contributed by atoms with Crippen LogP contribution in [0.25, 0.3) is 0 Å². The largest absolute Gasteiger partial charge is 0.388 e. The van der Waals surface area contributed by atoms with E-state index in [0.717, 1.165) is 29.1 Å². The van der Waals surface area contributed by atoms with Crippen LogP contribution in [0.4, 0.5) is 5.00 Å². The molecule has 2 heterocycles. The van der Waals surface area contributed by atoms with Crippen LogP contribution in [0.5, 0.6) is 0 Å². The Morgan fingerprint density at radius 1 is 1.41 bits per heavy atom. The molecular weight excluding hydrogens is 232 g/mol. The lowest BCUT2D eigenvalue weighted by Crippen LogP contribution is -2.25. The molecular formula is C12H22N4S. The Kier molecular flexibility index (Phi) is 4.34. The summed E-state index contributed by atoms with van der Waals surface area (Å²) < 4.78 is 3.89. The predicted octanol–water partition coefficient (Wildman–Crippen LogP) is 2.38. The van der Waals surface area contributed by atoms with Gasteiger partial charge in [-0.15, -0.1) is 5.10 Å². The lowest BCUT2D eigenvalue weighted by Gasteiger charge is -2.20. The molecule has 1 saturated heterocycles. The lowest BCUT2D eigenvalue weighted by molar-refractivity contribution is 0.262. The van der Waals surface area contributed by atoms with Crippen LogP contribution >= 0.6 is 11.5 Å². The number of hydrogen-bond acceptors (Lipinski definition) is 5. The second-order valence-electron chi connectivity index (χ2n) is 5.30. The number of rotatable bonds is 3. The van der Waals surface area contributed by atoms with E-state index in [0.29, 0.717) is 0 Å². The Balaban J connectivity index is 1.89. The first-order chi connectivity index (χ1) is 8.16. The number of anilines is 1. The van der Waals surface area contributed by atoms with Crippen molar-refractivity contribution in [3.8, 4) is 0 Å². The average molecular weight is 254 g/mol. The van der Waals surface area contributed by atoms with E-state index < -0.39 is 0 Å². The molecule has 1 aliphatic rings. The van der Waals surface area contributed by atoms with Gasteiger partial charge in [0.25, 0.3) is 0 Å². The van der Waals surface area contributed by atoms with Gasteiger partial charge in [0.05, 0.1) is 0 Å². The minimum Gasteiger partial charge on any atom is -0.388 e. The van der Waals surface area contributed by atoms with E-state index in [2.05, 4.69) is 28.3 Å². The van der Waals surface area contributed by atoms with Crippen molar-refractivity contribution in [2.24, 2.45) is 11.8 Å². The molecule has 1 aromatic heterocycles. The van der Waals surface area contributed by atoms with Crippen LogP contribution < -0.4 is 5.73 Å². The van der Waals surface area contributed by atoms with Crippen molar-refractivity contribution in [3.63, 3.8) is 0 Å². The van der Waals surface area contributed by atoms with E-state index in [1.54, 1.807) is 0 Å². The van der Waals surface area contributed by atoms with Crippen LogP contribution in [-0.4, -0.2) is 27.6 Å². The summed E-state index contributed by atoms with van der Waals surface area (Å²) in [5.41, 5.74) is 6.80. The molecule has 1 fully saturated rings. The van der Waals surface area contributed by atoms with Crippen molar-refractivity contribution in [1.29, 1.82) is 0 Å². The van der Waals surface area contributed by atoms with Gasteiger partial charge in [-0.05, 0) is 44.2 Å². The zero-order valence-corrected chi connectivity index (χ0v) is 11.5. The first-order valence-electron chi connectivity index (χ1n) is 6.46. The summed E-state index contributed by atoms with van der Waals surface area (Å²) in [7, 11) is 0. The molecule has 96 valence electrons. The second kappa shape index (κ2) is 5.78. The maximum Gasteiger partial charge on any atom is 0.132 e. The molecule has 1 unspecified atom stereocenters. The maximum atomic E-state index is 5.84. The first-order valence-corrected chi connectivity index (χ1v) is 7.23. The number of aromatic nitrogens is 2. The number of likely N-dealkylation sites (tertiary alicyclic amines) is 1. The van der Waals surface area contributed by atoms with Crippen molar-refractivity contribution >= 4 is 16.5 Å². The molecule has 5 heteroatoms. The third kappa shape index (κ3) is 3.39. The van der Waals surface area contributed by atoms with Gasteiger partial charge >= 0.3 is 0 Å². The standard InChI is InChI=1S/C12H22N4S/c1-9(2)10-4-3-6-16(7-5-10)8-11-12(13)17-15-14-11/h9-10H,3-8,13H2,1-2H3. The number of nitrogens with two attached hydrogens (primary N) is 1. The number of nitrogens with zero attached hydrogens (tertiary/aromatic N) is 3. The van der Waals surface area contributed by atoms with Gasteiger partial charge in [-0.3, -0.25) is 4.90 Å². The average Bonchev–Trinajstić information content (AvgIpc) is 2.55. The van der Waals surface area contributed by atoms with E-state index in [1.165, 1.54) is 43.9 Å². The first kappa shape index (κ1) is 12.8. The fourth-order valence-corrected chi connectivity index (χ4v) is 2.98. The van der Waals surface area contributed by atoms with E-state index in [4.69, 9.17) is 5.73 Å². The molecule has 0 aliphatic carbocycles. The van der Waals surface area contributed by atoms with Crippen molar-refractivity contribution < 1.29 is 0 Å². The summed E-state index contributed by atoms with van der Waals surface area (Å²) in [5, 5.41) is 4.87. The Labute approximate surface area is 107 Å². The predicted molar refractivity (Wildman–Crippen MR) is 71.8 cm³/mol. The highest BCUT2D eigenvalue weighted by atomic mass is 32.1. The summed E-state index contributed by atoms with van der Waals surface area (Å²) in [6.45, 7) is 7.87. The van der Waals surface area contributed by atoms with E-state index >= 15 is 0 Å². The van der Waals surface area contributed by atoms with E-state index in [1.807, 2.05) is 0 Å². The number of nitrogen functional groups attached to an aromatic ring is 1. The molecule has 0 amide bonds. The highest BCUT2D eigenvalue weighted by Gasteiger charge is 2.20. The molecule has 0 aromatic carbocycles. The van der Waals surface area contributed by atoms with Crippen LogP contribution in [0.2, 0.25) is 0 Å². The zero-order chi connectivity index (χ0) is 12.3. The molecule has 1 atom stereocenters. The minimum atomic E-state index is 0.773. The molecule has 0 radical (unpaired) electrons. The van der Waals surface area contributed by atoms with Crippen LogP contribution in [0, 0.1) is 11.8 Å². The topological polar surface area (TPSA) is 55.0 Å². The molecule has 17 heavy (non-hydrogen) atoms. The molecule has 2 rings (SSSR count). The maximum absolute atomic E-state index is 5.84. The van der Waals surface area contributed by atoms with Gasteiger partial charge in [-0.25, -0.2) is 0 Å². The van der Waals surface area contributed by atoms with Crippen molar-refractivity contribution in [3.05, 3.63) is 5.69 Å². The Morgan fingerprint density at radius 2 is 2.24 bits per heavy atom. The zero-order valence-electron chi connectivity index (χ0n) is 10.7. The van der Waals surface area contributed by atoms with Crippen molar-refractivity contribution in [1.82, 2.24) is 14.5 Å². The summed E-state index contributed by atoms with van der Waals surface area (Å²) in [4.78, 5) is 2.47. The quantitative estimate of drug-likeness (QED) is 0.900. The molecule has 1 aliphatic heterocycles. The molecule has 1 aromatic rings. The van der Waals surface area contributed by atoms with Crippen LogP contribution in [0.1, 0.15) is 38.8 Å². The lowest BCUT2D eigenvalue weighted by atomic mass is 9.89. The Morgan fingerprint density at radius 3 is 2.88 bits per heavy atom. The third-order valence-electron chi connectivity index (χ3n) is 3.77. The van der Waals surface area contributed by atoms with Crippen molar-refractivity contribution in [2.45, 2.75) is 39.7 Å². The fourth-order valence-electron chi connectivity index (χ4n) is 2.54. The minimum absolute atomic E-state index is 0.773. The Hall–Kier alpha value is -0.680. The van der Waals surface area contributed by atoms with Crippen molar-refractivity contribution in [2.75, 3.05) is 18.8 Å². The molecule has 0 spiro atoms. The van der Waals surface area contributed by atoms with Gasteiger partial charge < -0.3 is 5.73 Å². The monoisotopic (exact) mass is 254 g/mol. The highest BCUT2D eigenvalue weighted by molar-refractivity contribution is 7.09. The number of hydrogen-bond donors (Lipinski definition) is 1. The van der Waals surface area contributed by atoms with E-state index in [9.17, 15) is 0 Å². The second-order valence-corrected chi connectivity index (χ2v) is 6.08. The fraction of sp³-hybridized carbons (Fsp3) is 0.833. The molecule has 0 saturated carbocycles. The normalized spacial score (nSPS) is 22.9. The van der Waals surface area contributed by atoms with Gasteiger partial charge in [0.15, 0.2) is 0 Å². The van der Waals surface area contributed by atoms with E-state index in [-0.39, 0.29) is 0 Å². The Bertz CT molecular complexity index is 350. The summed E-state index contributed by atoms with van der Waals surface area (Å²) >= 11 is 1.29. The SMILES string of the molecule is CC(C)C1CCCN(Cc2nnsc2N)CC1. The summed E-state index contributed by atoms with van der Waals surface area (Å²) in [6.07, 6.45) is 3.95. The highest BCUT2D eigenvalue weighted by Crippen LogP contribution is 2.25. The van der Waals surface area contributed by atoms with Crippen LogP contribution in [0.15, 0.2) is 0 Å². The molecule has 0 bridgehead atoms. The van der Waals surface area contributed by atoms with Gasteiger partial charge in [-0.1, -0.05) is 18.3 Å². The molecule has 4 nitrogen and oxygen atoms in total. The van der Waals surface area contributed by atoms with Crippen LogP contribution in [0.3, 0.4) is 0 Å². The van der Waals surface area contributed by atoms with Gasteiger partial charge in [0.2, 0.25) is 0 Å². The van der Waals surface area contributed by atoms with Crippen LogP contribution in [-0.2, 0) is 6.54 Å². The third-order valence-corrected chi connectivity index (χ3v) is 4.36. The van der Waals surface area contributed by atoms with Gasteiger partial charge in [-0.2, -0.15) is 0 Å². The summed E-state index contributed by atoms with van der Waals surface area (Å²) in [6, 6.07) is 0. The molecule has 2 N–H and O–H groups in total. The van der Waals surface area contributed by atoms with Gasteiger partial charge in [0, 0.05) is 18.1 Å².